The molecule has 3 heteroatoms. The molecular formula is C12H17ClN2. The van der Waals surface area contributed by atoms with Crippen molar-refractivity contribution < 1.29 is 0 Å². The van der Waals surface area contributed by atoms with Gasteiger partial charge < -0.3 is 4.90 Å². The summed E-state index contributed by atoms with van der Waals surface area (Å²) in [6.07, 6.45) is 3.74. The van der Waals surface area contributed by atoms with Crippen LogP contribution in [-0.2, 0) is 0 Å². The SMILES string of the molecule is Cc1cccc(N2CCCCC2CCl)n1. The lowest BCUT2D eigenvalue weighted by Crippen LogP contribution is -2.41. The van der Waals surface area contributed by atoms with Gasteiger partial charge >= 0.3 is 0 Å². The molecule has 1 saturated heterocycles. The van der Waals surface area contributed by atoms with Crippen LogP contribution in [0.3, 0.4) is 0 Å². The number of nitrogens with zero attached hydrogens (tertiary/aromatic N) is 2. The Morgan fingerprint density at radius 1 is 1.47 bits per heavy atom. The number of piperidine rings is 1. The van der Waals surface area contributed by atoms with Crippen molar-refractivity contribution in [2.24, 2.45) is 0 Å². The fourth-order valence-electron chi connectivity index (χ4n) is 2.15. The van der Waals surface area contributed by atoms with Gasteiger partial charge in [0, 0.05) is 24.2 Å². The van der Waals surface area contributed by atoms with Crippen LogP contribution in [0.5, 0.6) is 0 Å². The van der Waals surface area contributed by atoms with Gasteiger partial charge in [-0.05, 0) is 38.3 Å². The molecule has 0 bridgehead atoms. The summed E-state index contributed by atoms with van der Waals surface area (Å²) >= 11 is 6.00. The standard InChI is InChI=1S/C12H17ClN2/c1-10-5-4-7-12(14-10)15-8-3-2-6-11(15)9-13/h4-5,7,11H,2-3,6,8-9H2,1H3. The Bertz CT molecular complexity index is 327. The molecule has 0 aliphatic carbocycles. The van der Waals surface area contributed by atoms with E-state index < -0.39 is 0 Å². The fourth-order valence-corrected chi connectivity index (χ4v) is 2.47. The molecule has 1 aromatic heterocycles. The predicted octanol–water partition coefficient (Wildman–Crippen LogP) is 2.99. The Hall–Kier alpha value is -0.760. The van der Waals surface area contributed by atoms with E-state index in [9.17, 15) is 0 Å². The summed E-state index contributed by atoms with van der Waals surface area (Å²) in [5, 5.41) is 0. The second kappa shape index (κ2) is 4.84. The van der Waals surface area contributed by atoms with Crippen LogP contribution in [0.15, 0.2) is 18.2 Å². The third-order valence-corrected chi connectivity index (χ3v) is 3.33. The zero-order chi connectivity index (χ0) is 10.7. The summed E-state index contributed by atoms with van der Waals surface area (Å²) in [4.78, 5) is 6.91. The number of hydrogen-bond acceptors (Lipinski definition) is 2. The molecule has 0 spiro atoms. The Morgan fingerprint density at radius 2 is 2.33 bits per heavy atom. The van der Waals surface area contributed by atoms with E-state index in [0.717, 1.165) is 18.1 Å². The highest BCUT2D eigenvalue weighted by Gasteiger charge is 2.22. The number of aromatic nitrogens is 1. The molecule has 1 atom stereocenters. The third kappa shape index (κ3) is 2.43. The van der Waals surface area contributed by atoms with E-state index >= 15 is 0 Å². The zero-order valence-corrected chi connectivity index (χ0v) is 9.87. The summed E-state index contributed by atoms with van der Waals surface area (Å²) in [5.41, 5.74) is 1.08. The van der Waals surface area contributed by atoms with Crippen LogP contribution in [0.25, 0.3) is 0 Å². The summed E-state index contributed by atoms with van der Waals surface area (Å²) < 4.78 is 0. The van der Waals surface area contributed by atoms with Crippen LogP contribution in [0.2, 0.25) is 0 Å². The van der Waals surface area contributed by atoms with Crippen LogP contribution >= 0.6 is 11.6 Å². The summed E-state index contributed by atoms with van der Waals surface area (Å²) in [5.74, 6) is 1.79. The van der Waals surface area contributed by atoms with Crippen LogP contribution in [0.4, 0.5) is 5.82 Å². The molecular weight excluding hydrogens is 208 g/mol. The van der Waals surface area contributed by atoms with Gasteiger partial charge in [0.2, 0.25) is 0 Å². The van der Waals surface area contributed by atoms with Gasteiger partial charge in [-0.2, -0.15) is 0 Å². The molecule has 1 fully saturated rings. The van der Waals surface area contributed by atoms with Gasteiger partial charge in [-0.3, -0.25) is 0 Å². The van der Waals surface area contributed by atoms with Gasteiger partial charge in [-0.15, -0.1) is 11.6 Å². The first-order valence-electron chi connectivity index (χ1n) is 5.57. The second-order valence-corrected chi connectivity index (χ2v) is 4.44. The van der Waals surface area contributed by atoms with Gasteiger partial charge in [-0.1, -0.05) is 6.07 Å². The Kier molecular flexibility index (Phi) is 3.47. The number of anilines is 1. The zero-order valence-electron chi connectivity index (χ0n) is 9.12. The molecule has 82 valence electrons. The minimum atomic E-state index is 0.467. The first kappa shape index (κ1) is 10.7. The predicted molar refractivity (Wildman–Crippen MR) is 64.7 cm³/mol. The number of aryl methyl sites for hydroxylation is 1. The van der Waals surface area contributed by atoms with Gasteiger partial charge in [0.1, 0.15) is 5.82 Å². The van der Waals surface area contributed by atoms with E-state index in [0.29, 0.717) is 11.9 Å². The number of hydrogen-bond donors (Lipinski definition) is 0. The highest BCUT2D eigenvalue weighted by Crippen LogP contribution is 2.23. The van der Waals surface area contributed by atoms with Crippen molar-refractivity contribution in [1.82, 2.24) is 4.98 Å². The molecule has 1 unspecified atom stereocenters. The van der Waals surface area contributed by atoms with Crippen molar-refractivity contribution in [2.45, 2.75) is 32.2 Å². The van der Waals surface area contributed by atoms with Crippen molar-refractivity contribution in [1.29, 1.82) is 0 Å². The molecule has 2 nitrogen and oxygen atoms in total. The van der Waals surface area contributed by atoms with Crippen LogP contribution in [0, 0.1) is 6.92 Å². The maximum Gasteiger partial charge on any atom is 0.129 e. The lowest BCUT2D eigenvalue weighted by atomic mass is 10.0. The average molecular weight is 225 g/mol. The maximum absolute atomic E-state index is 6.00. The van der Waals surface area contributed by atoms with Gasteiger partial charge in [0.25, 0.3) is 0 Å². The monoisotopic (exact) mass is 224 g/mol. The van der Waals surface area contributed by atoms with Crippen molar-refractivity contribution in [3.05, 3.63) is 23.9 Å². The Morgan fingerprint density at radius 3 is 3.07 bits per heavy atom. The van der Waals surface area contributed by atoms with E-state index in [1.54, 1.807) is 0 Å². The van der Waals surface area contributed by atoms with Crippen molar-refractivity contribution >= 4 is 17.4 Å². The Labute approximate surface area is 96.3 Å². The number of pyridine rings is 1. The van der Waals surface area contributed by atoms with Crippen molar-refractivity contribution in [3.8, 4) is 0 Å². The lowest BCUT2D eigenvalue weighted by Gasteiger charge is -2.35. The van der Waals surface area contributed by atoms with Crippen LogP contribution < -0.4 is 4.90 Å². The number of alkyl halides is 1. The fraction of sp³-hybridized carbons (Fsp3) is 0.583. The minimum absolute atomic E-state index is 0.467. The molecule has 1 aliphatic heterocycles. The van der Waals surface area contributed by atoms with Gasteiger partial charge in [0.15, 0.2) is 0 Å². The first-order chi connectivity index (χ1) is 7.31. The number of halogens is 1. The molecule has 0 N–H and O–H groups in total. The average Bonchev–Trinajstić information content (AvgIpc) is 2.29. The topological polar surface area (TPSA) is 16.1 Å². The highest BCUT2D eigenvalue weighted by atomic mass is 35.5. The van der Waals surface area contributed by atoms with E-state index in [1.807, 2.05) is 13.0 Å². The normalized spacial score (nSPS) is 21.7. The number of rotatable bonds is 2. The van der Waals surface area contributed by atoms with E-state index in [1.165, 1.54) is 19.3 Å². The van der Waals surface area contributed by atoms with Crippen LogP contribution in [-0.4, -0.2) is 23.5 Å². The molecule has 0 saturated carbocycles. The first-order valence-corrected chi connectivity index (χ1v) is 6.11. The van der Waals surface area contributed by atoms with Gasteiger partial charge in [-0.25, -0.2) is 4.98 Å². The summed E-state index contributed by atoms with van der Waals surface area (Å²) in [7, 11) is 0. The molecule has 15 heavy (non-hydrogen) atoms. The lowest BCUT2D eigenvalue weighted by molar-refractivity contribution is 0.484. The van der Waals surface area contributed by atoms with Gasteiger partial charge in [0.05, 0.1) is 0 Å². The molecule has 0 amide bonds. The molecule has 2 rings (SSSR count). The van der Waals surface area contributed by atoms with E-state index in [-0.39, 0.29) is 0 Å². The Balaban J connectivity index is 2.20. The van der Waals surface area contributed by atoms with E-state index in [2.05, 4.69) is 22.0 Å². The maximum atomic E-state index is 6.00. The second-order valence-electron chi connectivity index (χ2n) is 4.13. The quantitative estimate of drug-likeness (QED) is 0.718. The molecule has 0 aromatic carbocycles. The highest BCUT2D eigenvalue weighted by molar-refractivity contribution is 6.18. The smallest absolute Gasteiger partial charge is 0.129 e. The largest absolute Gasteiger partial charge is 0.352 e. The minimum Gasteiger partial charge on any atom is -0.352 e. The van der Waals surface area contributed by atoms with E-state index in [4.69, 9.17) is 11.6 Å². The molecule has 1 aliphatic rings. The summed E-state index contributed by atoms with van der Waals surface area (Å²) in [6.45, 7) is 3.12. The molecule has 0 radical (unpaired) electrons. The summed E-state index contributed by atoms with van der Waals surface area (Å²) in [6, 6.07) is 6.65. The molecule has 2 heterocycles. The van der Waals surface area contributed by atoms with Crippen molar-refractivity contribution in [2.75, 3.05) is 17.3 Å². The van der Waals surface area contributed by atoms with Crippen molar-refractivity contribution in [3.63, 3.8) is 0 Å². The molecule has 1 aromatic rings. The van der Waals surface area contributed by atoms with Crippen LogP contribution in [0.1, 0.15) is 25.0 Å². The third-order valence-electron chi connectivity index (χ3n) is 2.97.